The van der Waals surface area contributed by atoms with Crippen LogP contribution < -0.4 is 5.32 Å². The average Bonchev–Trinajstić information content (AvgIpc) is 3.42. The van der Waals surface area contributed by atoms with Crippen molar-refractivity contribution in [1.29, 1.82) is 0 Å². The number of benzene rings is 1. The van der Waals surface area contributed by atoms with E-state index in [1.807, 2.05) is 19.2 Å². The van der Waals surface area contributed by atoms with Gasteiger partial charge in [0.1, 0.15) is 11.3 Å². The third-order valence-electron chi connectivity index (χ3n) is 4.10. The number of fused-ring (bicyclic) bond motifs is 1. The Balaban J connectivity index is 0.00000124. The molecule has 0 spiro atoms. The van der Waals surface area contributed by atoms with Crippen molar-refractivity contribution >= 4 is 45.2 Å². The molecule has 10 heteroatoms. The third kappa shape index (κ3) is 3.83. The number of carboxylic acid groups (broad SMARTS) is 1. The zero-order valence-corrected chi connectivity index (χ0v) is 17.8. The normalized spacial score (nSPS) is 10.6. The molecule has 0 saturated carbocycles. The van der Waals surface area contributed by atoms with Gasteiger partial charge in [-0.25, -0.2) is 18.6 Å². The maximum absolute atomic E-state index is 14.4. The van der Waals surface area contributed by atoms with Crippen molar-refractivity contribution in [3.63, 3.8) is 0 Å². The fraction of sp³-hybridized carbons (Fsp3) is 0.150. The van der Waals surface area contributed by atoms with Crippen LogP contribution in [0.1, 0.15) is 40.3 Å². The summed E-state index contributed by atoms with van der Waals surface area (Å²) in [5.41, 5.74) is -0.254. The number of aryl methyl sites for hydroxylation is 1. The zero-order chi connectivity index (χ0) is 22.0. The Morgan fingerprint density at radius 2 is 1.90 bits per heavy atom. The van der Waals surface area contributed by atoms with Crippen molar-refractivity contribution in [1.82, 2.24) is 9.38 Å². The Kier molecular flexibility index (Phi) is 6.28. The standard InChI is InChI=1S/C18H11F2N3O3S2.C2H6/c1-8-2-3-9(14(20)13(8)19)15-12(17(25)26)11(7-28-15)21-16(24)10-6-23-4-5-27-18(23)22-10;1-2/h2-7H,1H3,(H,21,24)(H,25,26);1-2H3. The van der Waals surface area contributed by atoms with E-state index in [2.05, 4.69) is 10.3 Å². The predicted molar refractivity (Wildman–Crippen MR) is 114 cm³/mol. The molecule has 0 aliphatic carbocycles. The molecule has 1 amide bonds. The number of aromatic carboxylic acids is 1. The van der Waals surface area contributed by atoms with Crippen LogP contribution >= 0.6 is 22.7 Å². The summed E-state index contributed by atoms with van der Waals surface area (Å²) in [5.74, 6) is -4.13. The van der Waals surface area contributed by atoms with Gasteiger partial charge in [-0.15, -0.1) is 22.7 Å². The second kappa shape index (κ2) is 8.72. The van der Waals surface area contributed by atoms with Crippen molar-refractivity contribution in [2.45, 2.75) is 20.8 Å². The van der Waals surface area contributed by atoms with Crippen LogP contribution in [0.25, 0.3) is 15.4 Å². The van der Waals surface area contributed by atoms with Crippen LogP contribution in [0.4, 0.5) is 14.5 Å². The summed E-state index contributed by atoms with van der Waals surface area (Å²) in [4.78, 5) is 29.0. The van der Waals surface area contributed by atoms with Crippen molar-refractivity contribution in [2.75, 3.05) is 5.32 Å². The molecule has 0 bridgehead atoms. The van der Waals surface area contributed by atoms with Gasteiger partial charge in [-0.3, -0.25) is 9.20 Å². The lowest BCUT2D eigenvalue weighted by Gasteiger charge is -2.07. The van der Waals surface area contributed by atoms with Gasteiger partial charge in [0, 0.05) is 28.7 Å². The molecule has 0 saturated heterocycles. The Labute approximate surface area is 178 Å². The molecule has 4 aromatic rings. The van der Waals surface area contributed by atoms with Gasteiger partial charge in [0.05, 0.1) is 10.6 Å². The molecule has 3 aromatic heterocycles. The van der Waals surface area contributed by atoms with Crippen molar-refractivity contribution in [3.8, 4) is 10.4 Å². The Bertz CT molecular complexity index is 1220. The highest BCUT2D eigenvalue weighted by Gasteiger charge is 2.25. The average molecular weight is 450 g/mol. The molecule has 3 heterocycles. The first-order valence-corrected chi connectivity index (χ1v) is 10.7. The van der Waals surface area contributed by atoms with E-state index in [1.54, 1.807) is 10.6 Å². The summed E-state index contributed by atoms with van der Waals surface area (Å²) in [7, 11) is 0. The minimum absolute atomic E-state index is 0.00534. The molecule has 0 aliphatic heterocycles. The van der Waals surface area contributed by atoms with Crippen LogP contribution in [0.15, 0.2) is 35.3 Å². The van der Waals surface area contributed by atoms with Gasteiger partial charge in [-0.1, -0.05) is 26.0 Å². The molecule has 1 aromatic carbocycles. The quantitative estimate of drug-likeness (QED) is 0.419. The highest BCUT2D eigenvalue weighted by molar-refractivity contribution is 7.15. The number of thiazole rings is 1. The summed E-state index contributed by atoms with van der Waals surface area (Å²) in [6.07, 6.45) is 3.26. The molecular formula is C20H17F2N3O3S2. The number of thiophene rings is 1. The maximum Gasteiger partial charge on any atom is 0.339 e. The molecule has 0 aliphatic rings. The smallest absolute Gasteiger partial charge is 0.339 e. The third-order valence-corrected chi connectivity index (χ3v) is 5.88. The second-order valence-corrected chi connectivity index (χ2v) is 7.64. The summed E-state index contributed by atoms with van der Waals surface area (Å²) >= 11 is 2.25. The lowest BCUT2D eigenvalue weighted by molar-refractivity contribution is 0.0699. The summed E-state index contributed by atoms with van der Waals surface area (Å²) < 4.78 is 29.9. The van der Waals surface area contributed by atoms with E-state index >= 15 is 0 Å². The van der Waals surface area contributed by atoms with Crippen molar-refractivity contribution in [3.05, 3.63) is 63.7 Å². The number of carbonyl (C=O) groups excluding carboxylic acids is 1. The highest BCUT2D eigenvalue weighted by atomic mass is 32.1. The van der Waals surface area contributed by atoms with Gasteiger partial charge in [-0.05, 0) is 12.5 Å². The van der Waals surface area contributed by atoms with E-state index in [0.29, 0.717) is 4.96 Å². The van der Waals surface area contributed by atoms with Gasteiger partial charge in [0.25, 0.3) is 5.91 Å². The van der Waals surface area contributed by atoms with Crippen LogP contribution in [0.3, 0.4) is 0 Å². The molecule has 156 valence electrons. The van der Waals surface area contributed by atoms with Gasteiger partial charge in [-0.2, -0.15) is 0 Å². The summed E-state index contributed by atoms with van der Waals surface area (Å²) in [5, 5.41) is 15.3. The molecule has 6 nitrogen and oxygen atoms in total. The highest BCUT2D eigenvalue weighted by Crippen LogP contribution is 2.38. The van der Waals surface area contributed by atoms with E-state index in [4.69, 9.17) is 0 Å². The minimum atomic E-state index is -1.36. The van der Waals surface area contributed by atoms with Gasteiger partial charge < -0.3 is 10.4 Å². The topological polar surface area (TPSA) is 83.7 Å². The van der Waals surface area contributed by atoms with E-state index in [1.165, 1.54) is 42.0 Å². The van der Waals surface area contributed by atoms with Crippen LogP contribution in [0.2, 0.25) is 0 Å². The number of anilines is 1. The number of hydrogen-bond acceptors (Lipinski definition) is 5. The summed E-state index contributed by atoms with van der Waals surface area (Å²) in [6, 6.07) is 2.69. The molecule has 0 radical (unpaired) electrons. The molecule has 4 rings (SSSR count). The first-order valence-electron chi connectivity index (χ1n) is 8.90. The van der Waals surface area contributed by atoms with E-state index in [0.717, 1.165) is 11.3 Å². The lowest BCUT2D eigenvalue weighted by Crippen LogP contribution is -2.14. The monoisotopic (exact) mass is 449 g/mol. The SMILES string of the molecule is CC.Cc1ccc(-c2scc(NC(=O)c3cn4ccsc4n3)c2C(=O)O)c(F)c1F. The zero-order valence-electron chi connectivity index (χ0n) is 16.2. The van der Waals surface area contributed by atoms with Crippen LogP contribution in [-0.2, 0) is 0 Å². The first kappa shape index (κ1) is 21.6. The predicted octanol–water partition coefficient (Wildman–Crippen LogP) is 5.69. The number of aromatic nitrogens is 2. The Morgan fingerprint density at radius 1 is 1.17 bits per heavy atom. The fourth-order valence-corrected chi connectivity index (χ4v) is 4.42. The number of imidazole rings is 1. The Morgan fingerprint density at radius 3 is 2.57 bits per heavy atom. The summed E-state index contributed by atoms with van der Waals surface area (Å²) in [6.45, 7) is 5.41. The molecule has 2 N–H and O–H groups in total. The van der Waals surface area contributed by atoms with Crippen molar-refractivity contribution in [2.24, 2.45) is 0 Å². The van der Waals surface area contributed by atoms with Crippen LogP contribution in [0, 0.1) is 18.6 Å². The molecule has 0 unspecified atom stereocenters. The number of nitrogens with one attached hydrogen (secondary N) is 1. The Hall–Kier alpha value is -3.11. The largest absolute Gasteiger partial charge is 0.478 e. The lowest BCUT2D eigenvalue weighted by atomic mass is 10.1. The van der Waals surface area contributed by atoms with Gasteiger partial charge >= 0.3 is 5.97 Å². The van der Waals surface area contributed by atoms with E-state index < -0.39 is 23.5 Å². The fourth-order valence-electron chi connectivity index (χ4n) is 2.71. The second-order valence-electron chi connectivity index (χ2n) is 5.89. The minimum Gasteiger partial charge on any atom is -0.478 e. The number of halogens is 2. The number of nitrogens with zero attached hydrogens (tertiary/aromatic N) is 2. The van der Waals surface area contributed by atoms with E-state index in [-0.39, 0.29) is 32.9 Å². The number of amides is 1. The number of hydrogen-bond donors (Lipinski definition) is 2. The van der Waals surface area contributed by atoms with E-state index in [9.17, 15) is 23.5 Å². The first-order chi connectivity index (χ1) is 14.4. The van der Waals surface area contributed by atoms with Gasteiger partial charge in [0.2, 0.25) is 0 Å². The molecule has 0 fully saturated rings. The number of carboxylic acids is 1. The number of carbonyl (C=O) groups is 2. The molecular weight excluding hydrogens is 432 g/mol. The maximum atomic E-state index is 14.4. The molecule has 0 atom stereocenters. The van der Waals surface area contributed by atoms with Gasteiger partial charge in [0.15, 0.2) is 16.6 Å². The van der Waals surface area contributed by atoms with Crippen molar-refractivity contribution < 1.29 is 23.5 Å². The molecule has 30 heavy (non-hydrogen) atoms. The number of rotatable bonds is 4. The van der Waals surface area contributed by atoms with Crippen LogP contribution in [0.5, 0.6) is 0 Å². The van der Waals surface area contributed by atoms with Crippen LogP contribution in [-0.4, -0.2) is 26.4 Å².